The molecule has 1 aromatic heterocycles. The molecule has 0 spiro atoms. The van der Waals surface area contributed by atoms with Crippen LogP contribution >= 0.6 is 0 Å². The molecular weight excluding hydrogens is 317 g/mol. The van der Waals surface area contributed by atoms with Gasteiger partial charge in [-0.2, -0.15) is 0 Å². The molecule has 3 rings (SSSR count). The first kappa shape index (κ1) is 17.5. The average Bonchev–Trinajstić information content (AvgIpc) is 2.59. The van der Waals surface area contributed by atoms with Crippen molar-refractivity contribution in [1.82, 2.24) is 9.97 Å². The van der Waals surface area contributed by atoms with Gasteiger partial charge in [-0.05, 0) is 57.1 Å². The molecule has 0 bridgehead atoms. The van der Waals surface area contributed by atoms with Crippen molar-refractivity contribution in [3.8, 4) is 11.3 Å². The molecule has 1 fully saturated rings. The summed E-state index contributed by atoms with van der Waals surface area (Å²) in [5, 5.41) is 3.46. The number of aromatic nitrogens is 2. The van der Waals surface area contributed by atoms with Crippen LogP contribution in [0.25, 0.3) is 11.3 Å². The molecule has 132 valence electrons. The highest BCUT2D eigenvalue weighted by Gasteiger charge is 2.22. The van der Waals surface area contributed by atoms with Crippen molar-refractivity contribution in [3.05, 3.63) is 42.0 Å². The molecule has 0 radical (unpaired) electrons. The maximum absolute atomic E-state index is 13.8. The number of anilines is 1. The van der Waals surface area contributed by atoms with Crippen molar-refractivity contribution in [1.29, 1.82) is 0 Å². The number of nitrogens with one attached hydrogen (secondary N) is 1. The van der Waals surface area contributed by atoms with E-state index in [0.717, 1.165) is 37.1 Å². The normalized spacial score (nSPS) is 20.3. The Kier molecular flexibility index (Phi) is 5.41. The molecule has 1 saturated carbocycles. The van der Waals surface area contributed by atoms with E-state index in [-0.39, 0.29) is 11.6 Å². The van der Waals surface area contributed by atoms with Gasteiger partial charge in [-0.25, -0.2) is 14.4 Å². The minimum Gasteiger partial charge on any atom is -0.367 e. The number of ketones is 1. The molecule has 0 saturated heterocycles. The molecule has 0 atom stereocenters. The molecule has 0 aliphatic heterocycles. The van der Waals surface area contributed by atoms with E-state index in [1.165, 1.54) is 12.4 Å². The van der Waals surface area contributed by atoms with E-state index in [0.29, 0.717) is 29.6 Å². The number of nitrogens with zero attached hydrogens (tertiary/aromatic N) is 2. The summed E-state index contributed by atoms with van der Waals surface area (Å²) in [7, 11) is 0. The lowest BCUT2D eigenvalue weighted by Gasteiger charge is -2.29. The first-order valence-corrected chi connectivity index (χ1v) is 8.86. The predicted octanol–water partition coefficient (Wildman–Crippen LogP) is 4.54. The zero-order valence-corrected chi connectivity index (χ0v) is 14.8. The molecule has 1 heterocycles. The van der Waals surface area contributed by atoms with Crippen LogP contribution in [0.1, 0.15) is 44.6 Å². The quantitative estimate of drug-likeness (QED) is 0.867. The maximum atomic E-state index is 13.8. The highest BCUT2D eigenvalue weighted by Crippen LogP contribution is 2.29. The van der Waals surface area contributed by atoms with Crippen LogP contribution in [-0.2, 0) is 4.79 Å². The fourth-order valence-electron chi connectivity index (χ4n) is 3.47. The number of rotatable bonds is 5. The number of benzene rings is 1. The van der Waals surface area contributed by atoms with Crippen molar-refractivity contribution in [2.24, 2.45) is 5.92 Å². The van der Waals surface area contributed by atoms with Gasteiger partial charge in [0.15, 0.2) is 0 Å². The van der Waals surface area contributed by atoms with E-state index in [4.69, 9.17) is 0 Å². The first-order chi connectivity index (χ1) is 12.0. The number of hydrogen-bond acceptors (Lipinski definition) is 4. The molecule has 0 amide bonds. The Bertz CT molecular complexity index is 754. The third-order valence-electron chi connectivity index (χ3n) is 4.91. The summed E-state index contributed by atoms with van der Waals surface area (Å²) < 4.78 is 13.8. The van der Waals surface area contributed by atoms with Crippen LogP contribution in [0.15, 0.2) is 30.6 Å². The monoisotopic (exact) mass is 341 g/mol. The number of halogens is 1. The molecule has 25 heavy (non-hydrogen) atoms. The van der Waals surface area contributed by atoms with Crippen molar-refractivity contribution in [2.75, 3.05) is 5.32 Å². The Morgan fingerprint density at radius 3 is 2.64 bits per heavy atom. The van der Waals surface area contributed by atoms with Gasteiger partial charge in [0.05, 0.1) is 5.69 Å². The van der Waals surface area contributed by atoms with Gasteiger partial charge in [0.25, 0.3) is 0 Å². The summed E-state index contributed by atoms with van der Waals surface area (Å²) in [5.74, 6) is 1.34. The zero-order valence-electron chi connectivity index (χ0n) is 14.8. The van der Waals surface area contributed by atoms with Crippen LogP contribution in [0.4, 0.5) is 10.2 Å². The Labute approximate surface area is 147 Å². The fourth-order valence-corrected chi connectivity index (χ4v) is 3.47. The predicted molar refractivity (Wildman–Crippen MR) is 96.8 cm³/mol. The first-order valence-electron chi connectivity index (χ1n) is 8.86. The van der Waals surface area contributed by atoms with Crippen LogP contribution in [0.3, 0.4) is 0 Å². The van der Waals surface area contributed by atoms with Crippen LogP contribution < -0.4 is 5.32 Å². The lowest BCUT2D eigenvalue weighted by molar-refractivity contribution is -0.118. The minimum atomic E-state index is -0.227. The van der Waals surface area contributed by atoms with Crippen molar-refractivity contribution in [2.45, 2.75) is 52.0 Å². The standard InChI is InChI=1S/C20H24FN3O/c1-13-3-6-16(10-18(13)21)19-11-20(23-12-22-19)24-17-7-4-15(5-8-17)9-14(2)25/h3,6,10-12,15,17H,4-5,7-9H2,1-2H3,(H,22,23,24). The molecule has 1 aliphatic rings. The highest BCUT2D eigenvalue weighted by atomic mass is 19.1. The second kappa shape index (κ2) is 7.72. The minimum absolute atomic E-state index is 0.227. The van der Waals surface area contributed by atoms with Gasteiger partial charge in [0, 0.05) is 24.1 Å². The maximum Gasteiger partial charge on any atom is 0.130 e. The largest absolute Gasteiger partial charge is 0.367 e. The van der Waals surface area contributed by atoms with Crippen molar-refractivity contribution < 1.29 is 9.18 Å². The molecule has 1 N–H and O–H groups in total. The summed E-state index contributed by atoms with van der Waals surface area (Å²) in [4.78, 5) is 19.8. The lowest BCUT2D eigenvalue weighted by atomic mass is 9.83. The second-order valence-corrected chi connectivity index (χ2v) is 7.02. The van der Waals surface area contributed by atoms with Gasteiger partial charge in [0.1, 0.15) is 23.7 Å². The molecule has 1 aromatic carbocycles. The summed E-state index contributed by atoms with van der Waals surface area (Å²) in [6.45, 7) is 3.41. The summed E-state index contributed by atoms with van der Waals surface area (Å²) >= 11 is 0. The molecule has 2 aromatic rings. The van der Waals surface area contributed by atoms with Crippen LogP contribution in [-0.4, -0.2) is 21.8 Å². The number of hydrogen-bond donors (Lipinski definition) is 1. The number of aryl methyl sites for hydroxylation is 1. The second-order valence-electron chi connectivity index (χ2n) is 7.02. The number of Topliss-reactive ketones (excluding diaryl/α,β-unsaturated/α-hetero) is 1. The third kappa shape index (κ3) is 4.62. The van der Waals surface area contributed by atoms with Gasteiger partial charge in [-0.3, -0.25) is 0 Å². The van der Waals surface area contributed by atoms with Gasteiger partial charge in [-0.15, -0.1) is 0 Å². The van der Waals surface area contributed by atoms with Gasteiger partial charge < -0.3 is 10.1 Å². The molecular formula is C20H24FN3O. The smallest absolute Gasteiger partial charge is 0.130 e. The Balaban J connectivity index is 1.64. The third-order valence-corrected chi connectivity index (χ3v) is 4.91. The van der Waals surface area contributed by atoms with E-state index >= 15 is 0 Å². The van der Waals surface area contributed by atoms with E-state index in [1.54, 1.807) is 19.9 Å². The Morgan fingerprint density at radius 2 is 1.96 bits per heavy atom. The van der Waals surface area contributed by atoms with Crippen LogP contribution in [0.2, 0.25) is 0 Å². The Morgan fingerprint density at radius 1 is 1.20 bits per heavy atom. The summed E-state index contributed by atoms with van der Waals surface area (Å²) in [5.41, 5.74) is 2.08. The zero-order chi connectivity index (χ0) is 17.8. The summed E-state index contributed by atoms with van der Waals surface area (Å²) in [6, 6.07) is 7.37. The van der Waals surface area contributed by atoms with E-state index in [9.17, 15) is 9.18 Å². The SMILES string of the molecule is CC(=O)CC1CCC(Nc2cc(-c3ccc(C)c(F)c3)ncn2)CC1. The topological polar surface area (TPSA) is 54.9 Å². The van der Waals surface area contributed by atoms with Gasteiger partial charge >= 0.3 is 0 Å². The van der Waals surface area contributed by atoms with Gasteiger partial charge in [0.2, 0.25) is 0 Å². The molecule has 0 unspecified atom stereocenters. The lowest BCUT2D eigenvalue weighted by Crippen LogP contribution is -2.27. The molecule has 1 aliphatic carbocycles. The van der Waals surface area contributed by atoms with Crippen molar-refractivity contribution in [3.63, 3.8) is 0 Å². The average molecular weight is 341 g/mol. The van der Waals surface area contributed by atoms with Crippen LogP contribution in [0, 0.1) is 18.7 Å². The van der Waals surface area contributed by atoms with Gasteiger partial charge in [-0.1, -0.05) is 12.1 Å². The number of carbonyl (C=O) groups excluding carboxylic acids is 1. The highest BCUT2D eigenvalue weighted by molar-refractivity contribution is 5.75. The van der Waals surface area contributed by atoms with E-state index in [2.05, 4.69) is 15.3 Å². The summed E-state index contributed by atoms with van der Waals surface area (Å²) in [6.07, 6.45) is 6.42. The van der Waals surface area contributed by atoms with Crippen LogP contribution in [0.5, 0.6) is 0 Å². The fraction of sp³-hybridized carbons (Fsp3) is 0.450. The number of carbonyl (C=O) groups is 1. The molecule has 4 nitrogen and oxygen atoms in total. The van der Waals surface area contributed by atoms with E-state index in [1.807, 2.05) is 12.1 Å². The van der Waals surface area contributed by atoms with Crippen molar-refractivity contribution >= 4 is 11.6 Å². The Hall–Kier alpha value is -2.30. The van der Waals surface area contributed by atoms with E-state index < -0.39 is 0 Å². The molecule has 5 heteroatoms.